The van der Waals surface area contributed by atoms with Crippen molar-refractivity contribution in [3.8, 4) is 0 Å². The third-order valence-corrected chi connectivity index (χ3v) is 7.45. The molecule has 1 aromatic heterocycles. The summed E-state index contributed by atoms with van der Waals surface area (Å²) in [6.07, 6.45) is 2.83. The van der Waals surface area contributed by atoms with Crippen molar-refractivity contribution in [3.05, 3.63) is 77.4 Å². The van der Waals surface area contributed by atoms with Gasteiger partial charge in [0.15, 0.2) is 0 Å². The normalized spacial score (nSPS) is 13.6. The van der Waals surface area contributed by atoms with Crippen LogP contribution in [-0.2, 0) is 12.1 Å². The van der Waals surface area contributed by atoms with Gasteiger partial charge >= 0.3 is 157 Å². The summed E-state index contributed by atoms with van der Waals surface area (Å²) in [4.78, 5) is 3.88. The zero-order valence-electron chi connectivity index (χ0n) is 14.5. The van der Waals surface area contributed by atoms with Gasteiger partial charge in [0.1, 0.15) is 0 Å². The van der Waals surface area contributed by atoms with Gasteiger partial charge in [-0.2, -0.15) is 0 Å². The van der Waals surface area contributed by atoms with Gasteiger partial charge in [0, 0.05) is 0 Å². The third-order valence-electron chi connectivity index (χ3n) is 4.19. The molecule has 0 radical (unpaired) electrons. The molecule has 7 heteroatoms. The summed E-state index contributed by atoms with van der Waals surface area (Å²) < 4.78 is 30.4. The second-order valence-electron chi connectivity index (χ2n) is 6.26. The molecule has 0 spiro atoms. The van der Waals surface area contributed by atoms with Gasteiger partial charge in [-0.3, -0.25) is 0 Å². The van der Waals surface area contributed by atoms with E-state index in [1.165, 1.54) is 27.9 Å². The first-order valence-electron chi connectivity index (χ1n) is 8.08. The topological polar surface area (TPSA) is 50.9 Å². The molecule has 1 heterocycles. The van der Waals surface area contributed by atoms with Crippen LogP contribution in [0.3, 0.4) is 0 Å². The Labute approximate surface area is 157 Å². The average Bonchev–Trinajstić information content (AvgIpc) is 3.07. The number of aromatic nitrogens is 3. The fourth-order valence-electron chi connectivity index (χ4n) is 2.88. The quantitative estimate of drug-likeness (QED) is 0.622. The van der Waals surface area contributed by atoms with Crippen LogP contribution in [0.2, 0.25) is 5.32 Å². The number of aryl methyl sites for hydroxylation is 2. The first-order chi connectivity index (χ1) is 12.4. The molecular weight excluding hydrogens is 403 g/mol. The van der Waals surface area contributed by atoms with Crippen molar-refractivity contribution in [2.45, 2.75) is 31.3 Å². The van der Waals surface area contributed by atoms with Crippen LogP contribution in [0.1, 0.15) is 16.7 Å². The van der Waals surface area contributed by atoms with Gasteiger partial charge in [-0.1, -0.05) is 0 Å². The summed E-state index contributed by atoms with van der Waals surface area (Å²) in [5.74, 6) is -1.43. The molecule has 1 N–H and O–H groups in total. The predicted octanol–water partition coefficient (Wildman–Crippen LogP) is 2.51. The van der Waals surface area contributed by atoms with Crippen LogP contribution in [0.4, 0.5) is 8.78 Å². The molecule has 0 aliphatic rings. The van der Waals surface area contributed by atoms with E-state index in [0.29, 0.717) is 5.32 Å². The molecule has 26 heavy (non-hydrogen) atoms. The van der Waals surface area contributed by atoms with Crippen LogP contribution in [0.5, 0.6) is 0 Å². The molecule has 0 aliphatic carbocycles. The van der Waals surface area contributed by atoms with E-state index in [9.17, 15) is 13.9 Å². The monoisotopic (exact) mass is 423 g/mol. The van der Waals surface area contributed by atoms with Crippen molar-refractivity contribution in [1.82, 2.24) is 14.8 Å². The Balaban J connectivity index is 1.95. The number of aliphatic hydroxyl groups is 1. The van der Waals surface area contributed by atoms with Crippen LogP contribution in [-0.4, -0.2) is 34.8 Å². The SMILES string of the molecule is Cc1cccc(C)c1[Se]CC(O)(Cn1cncn1)c1ccc(F)cc1F. The molecule has 0 fully saturated rings. The van der Waals surface area contributed by atoms with Gasteiger partial charge in [-0.05, 0) is 0 Å². The van der Waals surface area contributed by atoms with Gasteiger partial charge in [-0.25, -0.2) is 0 Å². The van der Waals surface area contributed by atoms with Crippen LogP contribution in [0, 0.1) is 25.5 Å². The molecule has 1 atom stereocenters. The summed E-state index contributed by atoms with van der Waals surface area (Å²) in [6.45, 7) is 4.10. The van der Waals surface area contributed by atoms with E-state index in [0.717, 1.165) is 23.3 Å². The van der Waals surface area contributed by atoms with E-state index in [1.807, 2.05) is 32.0 Å². The van der Waals surface area contributed by atoms with Gasteiger partial charge in [0.2, 0.25) is 0 Å². The van der Waals surface area contributed by atoms with E-state index in [1.54, 1.807) is 0 Å². The van der Waals surface area contributed by atoms with Crippen LogP contribution >= 0.6 is 0 Å². The summed E-state index contributed by atoms with van der Waals surface area (Å²) in [7, 11) is 0. The number of halogens is 2. The zero-order valence-corrected chi connectivity index (χ0v) is 16.2. The maximum atomic E-state index is 14.4. The van der Waals surface area contributed by atoms with Gasteiger partial charge in [0.25, 0.3) is 0 Å². The summed E-state index contributed by atoms with van der Waals surface area (Å²) in [5.41, 5.74) is 0.850. The van der Waals surface area contributed by atoms with Crippen molar-refractivity contribution >= 4 is 19.4 Å². The Kier molecular flexibility index (Phi) is 5.51. The standard InChI is InChI=1S/C19H19F2N3OSe/c1-13-4-3-5-14(2)18(13)26-10-19(25,9-24-12-22-11-23-24)16-7-6-15(20)8-17(16)21/h3-8,11-12,25H,9-10H2,1-2H3. The van der Waals surface area contributed by atoms with Crippen LogP contribution in [0.15, 0.2) is 49.1 Å². The van der Waals surface area contributed by atoms with E-state index in [4.69, 9.17) is 0 Å². The molecule has 0 aliphatic heterocycles. The van der Waals surface area contributed by atoms with Gasteiger partial charge in [0.05, 0.1) is 0 Å². The minimum atomic E-state index is -1.51. The van der Waals surface area contributed by atoms with E-state index in [2.05, 4.69) is 10.1 Å². The van der Waals surface area contributed by atoms with Crippen LogP contribution in [0.25, 0.3) is 0 Å². The second-order valence-corrected chi connectivity index (χ2v) is 8.33. The maximum absolute atomic E-state index is 14.4. The molecule has 1 unspecified atom stereocenters. The second kappa shape index (κ2) is 7.66. The zero-order chi connectivity index (χ0) is 18.7. The number of rotatable bonds is 6. The van der Waals surface area contributed by atoms with Crippen molar-refractivity contribution in [2.75, 3.05) is 0 Å². The molecule has 0 saturated heterocycles. The first kappa shape index (κ1) is 18.7. The Morgan fingerprint density at radius 1 is 1.15 bits per heavy atom. The molecule has 3 rings (SSSR count). The Morgan fingerprint density at radius 2 is 1.88 bits per heavy atom. The number of hydrogen-bond acceptors (Lipinski definition) is 3. The molecule has 136 valence electrons. The van der Waals surface area contributed by atoms with E-state index in [-0.39, 0.29) is 27.1 Å². The Bertz CT molecular complexity index is 882. The third kappa shape index (κ3) is 4.01. The molecule has 0 amide bonds. The summed E-state index contributed by atoms with van der Waals surface area (Å²) in [5, 5.41) is 15.7. The van der Waals surface area contributed by atoms with Crippen LogP contribution < -0.4 is 4.46 Å². The molecule has 2 aromatic carbocycles. The van der Waals surface area contributed by atoms with Gasteiger partial charge in [-0.15, -0.1) is 0 Å². The van der Waals surface area contributed by atoms with Crippen molar-refractivity contribution in [1.29, 1.82) is 0 Å². The fourth-order valence-corrected chi connectivity index (χ4v) is 5.44. The molecule has 3 aromatic rings. The fraction of sp³-hybridized carbons (Fsp3) is 0.263. The first-order valence-corrected chi connectivity index (χ1v) is 10.2. The molecule has 0 bridgehead atoms. The molecule has 0 saturated carbocycles. The predicted molar refractivity (Wildman–Crippen MR) is 96.4 cm³/mol. The van der Waals surface area contributed by atoms with Crippen molar-refractivity contribution < 1.29 is 13.9 Å². The van der Waals surface area contributed by atoms with E-state index >= 15 is 0 Å². The number of hydrogen-bond donors (Lipinski definition) is 1. The Morgan fingerprint density at radius 3 is 2.50 bits per heavy atom. The minimum absolute atomic E-state index is 0.0439. The summed E-state index contributed by atoms with van der Waals surface area (Å²) in [6, 6.07) is 9.32. The van der Waals surface area contributed by atoms with E-state index < -0.39 is 17.2 Å². The molecule has 4 nitrogen and oxygen atoms in total. The number of benzene rings is 2. The Hall–Kier alpha value is -2.08. The van der Waals surface area contributed by atoms with Gasteiger partial charge < -0.3 is 0 Å². The average molecular weight is 422 g/mol. The molecular formula is C19H19F2N3OSe. The number of nitrogens with zero attached hydrogens (tertiary/aromatic N) is 3. The summed E-state index contributed by atoms with van der Waals surface area (Å²) >= 11 is -0.106. The van der Waals surface area contributed by atoms with Crippen molar-refractivity contribution in [3.63, 3.8) is 0 Å². The van der Waals surface area contributed by atoms with Crippen molar-refractivity contribution in [2.24, 2.45) is 0 Å².